The van der Waals surface area contributed by atoms with Gasteiger partial charge in [-0.15, -0.1) is 0 Å². The first-order valence-electron chi connectivity index (χ1n) is 4.60. The Morgan fingerprint density at radius 2 is 1.93 bits per heavy atom. The molecule has 1 aliphatic rings. The molecule has 0 aliphatic carbocycles. The van der Waals surface area contributed by atoms with E-state index in [1.54, 1.807) is 0 Å². The van der Waals surface area contributed by atoms with Crippen LogP contribution in [0.2, 0.25) is 0 Å². The molecule has 1 aromatic rings. The molecule has 2 amide bonds. The van der Waals surface area contributed by atoms with Gasteiger partial charge in [0.2, 0.25) is 0 Å². The third-order valence-corrected chi connectivity index (χ3v) is 2.11. The first-order chi connectivity index (χ1) is 6.75. The Hall–Kier alpha value is -1.77. The molecular formula is C11H12N2O. The van der Waals surface area contributed by atoms with Crippen LogP contribution in [0.4, 0.5) is 4.79 Å². The van der Waals surface area contributed by atoms with Crippen molar-refractivity contribution >= 4 is 11.7 Å². The summed E-state index contributed by atoms with van der Waals surface area (Å²) < 4.78 is 0. The van der Waals surface area contributed by atoms with Crippen molar-refractivity contribution in [1.82, 2.24) is 10.6 Å². The van der Waals surface area contributed by atoms with Gasteiger partial charge in [-0.1, -0.05) is 30.3 Å². The molecule has 14 heavy (non-hydrogen) atoms. The maximum Gasteiger partial charge on any atom is 0.319 e. The summed E-state index contributed by atoms with van der Waals surface area (Å²) in [7, 11) is 0. The van der Waals surface area contributed by atoms with Crippen molar-refractivity contribution < 1.29 is 4.79 Å². The predicted molar refractivity (Wildman–Crippen MR) is 55.5 cm³/mol. The van der Waals surface area contributed by atoms with Crippen molar-refractivity contribution in [3.8, 4) is 0 Å². The van der Waals surface area contributed by atoms with Crippen LogP contribution in [0.3, 0.4) is 0 Å². The van der Waals surface area contributed by atoms with Crippen LogP contribution in [0.1, 0.15) is 12.5 Å². The Balaban J connectivity index is 2.31. The molecule has 1 unspecified atom stereocenters. The molecular weight excluding hydrogens is 176 g/mol. The second kappa shape index (κ2) is 3.54. The lowest BCUT2D eigenvalue weighted by molar-refractivity contribution is 0.242. The number of hydrogen-bond donors (Lipinski definition) is 2. The van der Waals surface area contributed by atoms with Crippen molar-refractivity contribution in [3.63, 3.8) is 0 Å². The molecule has 72 valence electrons. The fourth-order valence-corrected chi connectivity index (χ4v) is 1.48. The van der Waals surface area contributed by atoms with Gasteiger partial charge in [0.05, 0.1) is 0 Å². The summed E-state index contributed by atoms with van der Waals surface area (Å²) in [5.41, 5.74) is 1.91. The quantitative estimate of drug-likeness (QED) is 0.692. The number of benzene rings is 1. The maximum absolute atomic E-state index is 11.2. The van der Waals surface area contributed by atoms with Gasteiger partial charge >= 0.3 is 6.03 Å². The van der Waals surface area contributed by atoms with Gasteiger partial charge in [-0.3, -0.25) is 0 Å². The fourth-order valence-electron chi connectivity index (χ4n) is 1.48. The number of carbonyl (C=O) groups is 1. The molecule has 0 spiro atoms. The minimum Gasteiger partial charge on any atom is -0.332 e. The second-order valence-corrected chi connectivity index (χ2v) is 3.33. The van der Waals surface area contributed by atoms with E-state index in [9.17, 15) is 4.79 Å². The van der Waals surface area contributed by atoms with Crippen molar-refractivity contribution in [1.29, 1.82) is 0 Å². The number of urea groups is 1. The molecule has 2 N–H and O–H groups in total. The fraction of sp³-hybridized carbons (Fsp3) is 0.182. The minimum atomic E-state index is -0.140. The monoisotopic (exact) mass is 188 g/mol. The first-order valence-corrected chi connectivity index (χ1v) is 4.60. The zero-order valence-corrected chi connectivity index (χ0v) is 7.95. The summed E-state index contributed by atoms with van der Waals surface area (Å²) in [5, 5.41) is 5.53. The van der Waals surface area contributed by atoms with Crippen molar-refractivity contribution in [2.75, 3.05) is 0 Å². The van der Waals surface area contributed by atoms with E-state index in [2.05, 4.69) is 10.6 Å². The van der Waals surface area contributed by atoms with Gasteiger partial charge in [0.1, 0.15) is 0 Å². The molecule has 3 heteroatoms. The van der Waals surface area contributed by atoms with Gasteiger partial charge in [-0.05, 0) is 18.6 Å². The topological polar surface area (TPSA) is 41.1 Å². The average Bonchev–Trinajstić information content (AvgIpc) is 2.18. The molecule has 0 bridgehead atoms. The summed E-state index contributed by atoms with van der Waals surface area (Å²) in [4.78, 5) is 11.2. The van der Waals surface area contributed by atoms with E-state index in [1.807, 2.05) is 43.3 Å². The molecule has 1 aliphatic heterocycles. The summed E-state index contributed by atoms with van der Waals surface area (Å²) in [5.74, 6) is 0. The summed E-state index contributed by atoms with van der Waals surface area (Å²) in [6.45, 7) is 1.95. The molecule has 2 rings (SSSR count). The summed E-state index contributed by atoms with van der Waals surface area (Å²) in [6, 6.07) is 9.76. The van der Waals surface area contributed by atoms with E-state index >= 15 is 0 Å². The van der Waals surface area contributed by atoms with Gasteiger partial charge in [0.15, 0.2) is 0 Å². The Morgan fingerprint density at radius 3 is 2.57 bits per heavy atom. The van der Waals surface area contributed by atoms with Gasteiger partial charge < -0.3 is 10.6 Å². The van der Waals surface area contributed by atoms with Crippen LogP contribution in [-0.2, 0) is 0 Å². The number of hydrogen-bond acceptors (Lipinski definition) is 1. The normalized spacial score (nSPS) is 20.8. The zero-order valence-electron chi connectivity index (χ0n) is 7.95. The molecule has 1 heterocycles. The number of carbonyl (C=O) groups excluding carboxylic acids is 1. The van der Waals surface area contributed by atoms with E-state index in [4.69, 9.17) is 0 Å². The Morgan fingerprint density at radius 1 is 1.21 bits per heavy atom. The van der Waals surface area contributed by atoms with Crippen LogP contribution < -0.4 is 10.6 Å². The Labute approximate surface area is 82.8 Å². The molecule has 0 saturated carbocycles. The van der Waals surface area contributed by atoms with Gasteiger partial charge in [0.25, 0.3) is 0 Å². The van der Waals surface area contributed by atoms with Crippen molar-refractivity contribution in [2.24, 2.45) is 0 Å². The lowest BCUT2D eigenvalue weighted by Crippen LogP contribution is -2.43. The number of rotatable bonds is 1. The minimum absolute atomic E-state index is 0.0824. The summed E-state index contributed by atoms with van der Waals surface area (Å²) >= 11 is 0. The summed E-state index contributed by atoms with van der Waals surface area (Å²) in [6.07, 6.45) is 2.00. The standard InChI is InChI=1S/C11H12N2O/c1-8-7-10(13-11(14)12-8)9-5-3-2-4-6-9/h2-8H,1H3,(H2,12,13,14). The molecule has 0 saturated heterocycles. The lowest BCUT2D eigenvalue weighted by Gasteiger charge is -2.20. The second-order valence-electron chi connectivity index (χ2n) is 3.33. The van der Waals surface area contributed by atoms with E-state index < -0.39 is 0 Å². The molecule has 0 radical (unpaired) electrons. The largest absolute Gasteiger partial charge is 0.332 e. The van der Waals surface area contributed by atoms with E-state index in [0.717, 1.165) is 11.3 Å². The predicted octanol–water partition coefficient (Wildman–Crippen LogP) is 1.73. The van der Waals surface area contributed by atoms with Crippen LogP contribution in [-0.4, -0.2) is 12.1 Å². The molecule has 3 nitrogen and oxygen atoms in total. The maximum atomic E-state index is 11.2. The van der Waals surface area contributed by atoms with E-state index in [1.165, 1.54) is 0 Å². The van der Waals surface area contributed by atoms with Crippen LogP contribution in [0, 0.1) is 0 Å². The van der Waals surface area contributed by atoms with Crippen LogP contribution in [0.25, 0.3) is 5.70 Å². The third kappa shape index (κ3) is 1.76. The smallest absolute Gasteiger partial charge is 0.319 e. The molecule has 0 fully saturated rings. The third-order valence-electron chi connectivity index (χ3n) is 2.11. The van der Waals surface area contributed by atoms with Crippen LogP contribution in [0.5, 0.6) is 0 Å². The highest BCUT2D eigenvalue weighted by Crippen LogP contribution is 2.13. The Bertz CT molecular complexity index is 370. The highest BCUT2D eigenvalue weighted by molar-refractivity contribution is 5.88. The first kappa shape index (κ1) is 8.81. The number of amides is 2. The zero-order chi connectivity index (χ0) is 9.97. The SMILES string of the molecule is CC1C=C(c2ccccc2)NC(=O)N1. The molecule has 1 atom stereocenters. The number of nitrogens with one attached hydrogen (secondary N) is 2. The lowest BCUT2D eigenvalue weighted by atomic mass is 10.1. The van der Waals surface area contributed by atoms with Crippen molar-refractivity contribution in [2.45, 2.75) is 13.0 Å². The molecule has 1 aromatic carbocycles. The Kier molecular flexibility index (Phi) is 2.23. The highest BCUT2D eigenvalue weighted by Gasteiger charge is 2.14. The van der Waals surface area contributed by atoms with E-state index in [-0.39, 0.29) is 12.1 Å². The van der Waals surface area contributed by atoms with Crippen LogP contribution >= 0.6 is 0 Å². The van der Waals surface area contributed by atoms with Gasteiger partial charge in [0, 0.05) is 11.7 Å². The molecule has 0 aromatic heterocycles. The van der Waals surface area contributed by atoms with Crippen molar-refractivity contribution in [3.05, 3.63) is 42.0 Å². The highest BCUT2D eigenvalue weighted by atomic mass is 16.2. The van der Waals surface area contributed by atoms with Gasteiger partial charge in [-0.25, -0.2) is 4.79 Å². The van der Waals surface area contributed by atoms with Crippen LogP contribution in [0.15, 0.2) is 36.4 Å². The van der Waals surface area contributed by atoms with E-state index in [0.29, 0.717) is 0 Å². The average molecular weight is 188 g/mol. The van der Waals surface area contributed by atoms with Gasteiger partial charge in [-0.2, -0.15) is 0 Å².